The molecule has 1 aromatic carbocycles. The number of aliphatic hydroxyl groups excluding tert-OH is 1. The second-order valence-electron chi connectivity index (χ2n) is 4.36. The maximum Gasteiger partial charge on any atom is 0.101 e. The summed E-state index contributed by atoms with van der Waals surface area (Å²) < 4.78 is 1.83. The summed E-state index contributed by atoms with van der Waals surface area (Å²) in [7, 11) is 1.91. The van der Waals surface area contributed by atoms with Crippen LogP contribution in [0.1, 0.15) is 32.1 Å². The Hall–Kier alpha value is -1.35. The highest BCUT2D eigenvalue weighted by atomic mass is 16.3. The molecule has 0 aliphatic carbocycles. The maximum absolute atomic E-state index is 10.2. The highest BCUT2D eigenvalue weighted by Gasteiger charge is 2.20. The van der Waals surface area contributed by atoms with E-state index >= 15 is 0 Å². The third kappa shape index (κ3) is 1.71. The Labute approximate surface area is 95.7 Å². The van der Waals surface area contributed by atoms with Crippen LogP contribution in [0.5, 0.6) is 0 Å². The summed E-state index contributed by atoms with van der Waals surface area (Å²) in [4.78, 5) is 0. The molecule has 0 radical (unpaired) electrons. The van der Waals surface area contributed by atoms with Gasteiger partial charge in [-0.1, -0.05) is 38.5 Å². The second-order valence-corrected chi connectivity index (χ2v) is 4.36. The fourth-order valence-corrected chi connectivity index (χ4v) is 1.95. The van der Waals surface area contributed by atoms with Gasteiger partial charge in [0.2, 0.25) is 0 Å². The van der Waals surface area contributed by atoms with Crippen molar-refractivity contribution in [3.05, 3.63) is 30.0 Å². The van der Waals surface area contributed by atoms with Crippen LogP contribution in [-0.4, -0.2) is 14.9 Å². The first kappa shape index (κ1) is 11.1. The predicted octanol–water partition coefficient (Wildman–Crippen LogP) is 2.65. The van der Waals surface area contributed by atoms with Crippen LogP contribution >= 0.6 is 0 Å². The first-order chi connectivity index (χ1) is 7.65. The summed E-state index contributed by atoms with van der Waals surface area (Å²) in [5.41, 5.74) is 1.87. The monoisotopic (exact) mass is 218 g/mol. The van der Waals surface area contributed by atoms with Crippen molar-refractivity contribution in [3.8, 4) is 0 Å². The van der Waals surface area contributed by atoms with E-state index < -0.39 is 6.10 Å². The molecule has 0 aliphatic rings. The van der Waals surface area contributed by atoms with E-state index in [2.05, 4.69) is 12.0 Å². The minimum absolute atomic E-state index is 0.235. The highest BCUT2D eigenvalue weighted by Crippen LogP contribution is 2.29. The van der Waals surface area contributed by atoms with Crippen LogP contribution in [0.15, 0.2) is 24.3 Å². The summed E-state index contributed by atoms with van der Waals surface area (Å²) in [6.45, 7) is 4.13. The van der Waals surface area contributed by atoms with Crippen molar-refractivity contribution in [2.24, 2.45) is 13.0 Å². The molecular weight excluding hydrogens is 200 g/mol. The summed E-state index contributed by atoms with van der Waals surface area (Å²) in [5, 5.41) is 15.7. The molecule has 86 valence electrons. The van der Waals surface area contributed by atoms with Crippen LogP contribution < -0.4 is 0 Å². The Morgan fingerprint density at radius 2 is 2.06 bits per heavy atom. The van der Waals surface area contributed by atoms with Crippen LogP contribution in [0.25, 0.3) is 10.9 Å². The molecular formula is C13H18N2O. The molecule has 1 aromatic heterocycles. The maximum atomic E-state index is 10.2. The van der Waals surface area contributed by atoms with Crippen molar-refractivity contribution in [3.63, 3.8) is 0 Å². The number of benzene rings is 1. The minimum Gasteiger partial charge on any atom is -0.386 e. The number of rotatable bonds is 3. The van der Waals surface area contributed by atoms with E-state index in [0.29, 0.717) is 0 Å². The third-order valence-electron chi connectivity index (χ3n) is 3.25. The van der Waals surface area contributed by atoms with Crippen molar-refractivity contribution in [2.45, 2.75) is 26.4 Å². The lowest BCUT2D eigenvalue weighted by Crippen LogP contribution is -2.09. The average Bonchev–Trinajstić information content (AvgIpc) is 2.65. The smallest absolute Gasteiger partial charge is 0.101 e. The number of aryl methyl sites for hydroxylation is 1. The van der Waals surface area contributed by atoms with Gasteiger partial charge in [0.1, 0.15) is 6.10 Å². The molecule has 2 unspecified atom stereocenters. The third-order valence-corrected chi connectivity index (χ3v) is 3.25. The number of para-hydroxylation sites is 1. The van der Waals surface area contributed by atoms with Crippen LogP contribution in [0.3, 0.4) is 0 Å². The van der Waals surface area contributed by atoms with Gasteiger partial charge in [0, 0.05) is 12.4 Å². The van der Waals surface area contributed by atoms with E-state index in [-0.39, 0.29) is 5.92 Å². The Morgan fingerprint density at radius 1 is 1.38 bits per heavy atom. The lowest BCUT2D eigenvalue weighted by Gasteiger charge is -2.14. The van der Waals surface area contributed by atoms with Gasteiger partial charge in [-0.15, -0.1) is 0 Å². The van der Waals surface area contributed by atoms with E-state index in [0.717, 1.165) is 23.0 Å². The Bertz CT molecular complexity index is 490. The van der Waals surface area contributed by atoms with E-state index in [1.807, 2.05) is 42.9 Å². The molecule has 0 aliphatic heterocycles. The molecule has 0 amide bonds. The Morgan fingerprint density at radius 3 is 2.75 bits per heavy atom. The molecule has 0 spiro atoms. The van der Waals surface area contributed by atoms with Crippen LogP contribution in [0.2, 0.25) is 0 Å². The zero-order valence-corrected chi connectivity index (χ0v) is 10.0. The largest absolute Gasteiger partial charge is 0.386 e. The Kier molecular flexibility index (Phi) is 2.97. The molecule has 2 aromatic rings. The van der Waals surface area contributed by atoms with E-state index in [1.54, 1.807) is 0 Å². The number of nitrogens with zero attached hydrogens (tertiary/aromatic N) is 2. The van der Waals surface area contributed by atoms with Gasteiger partial charge in [-0.3, -0.25) is 4.68 Å². The van der Waals surface area contributed by atoms with Gasteiger partial charge in [0.05, 0.1) is 11.2 Å². The van der Waals surface area contributed by atoms with Gasteiger partial charge in [-0.2, -0.15) is 5.10 Å². The minimum atomic E-state index is -0.476. The summed E-state index contributed by atoms with van der Waals surface area (Å²) in [5.74, 6) is 0.235. The van der Waals surface area contributed by atoms with Gasteiger partial charge in [0.25, 0.3) is 0 Å². The fraction of sp³-hybridized carbons (Fsp3) is 0.462. The van der Waals surface area contributed by atoms with Crippen LogP contribution in [-0.2, 0) is 7.05 Å². The highest BCUT2D eigenvalue weighted by molar-refractivity contribution is 5.82. The van der Waals surface area contributed by atoms with Gasteiger partial charge in [-0.25, -0.2) is 0 Å². The molecule has 0 saturated carbocycles. The number of fused-ring (bicyclic) bond motifs is 1. The van der Waals surface area contributed by atoms with Crippen molar-refractivity contribution in [1.29, 1.82) is 0 Å². The number of hydrogen-bond acceptors (Lipinski definition) is 2. The summed E-state index contributed by atoms with van der Waals surface area (Å²) in [6.07, 6.45) is 0.475. The molecule has 0 bridgehead atoms. The molecule has 1 N–H and O–H groups in total. The number of hydrogen-bond donors (Lipinski definition) is 1. The van der Waals surface area contributed by atoms with Gasteiger partial charge in [-0.05, 0) is 12.0 Å². The van der Waals surface area contributed by atoms with E-state index in [9.17, 15) is 5.11 Å². The molecule has 2 atom stereocenters. The number of aliphatic hydroxyl groups is 1. The standard InChI is InChI=1S/C13H18N2O/c1-4-9(2)13(16)12-10-7-5-6-8-11(10)15(3)14-12/h5-9,13,16H,4H2,1-3H3. The van der Waals surface area contributed by atoms with Gasteiger partial charge < -0.3 is 5.11 Å². The lowest BCUT2D eigenvalue weighted by atomic mass is 9.97. The molecule has 16 heavy (non-hydrogen) atoms. The van der Waals surface area contributed by atoms with Gasteiger partial charge >= 0.3 is 0 Å². The molecule has 1 heterocycles. The topological polar surface area (TPSA) is 38.1 Å². The molecule has 0 saturated heterocycles. The van der Waals surface area contributed by atoms with E-state index in [4.69, 9.17) is 0 Å². The quantitative estimate of drug-likeness (QED) is 0.860. The van der Waals surface area contributed by atoms with Gasteiger partial charge in [0.15, 0.2) is 0 Å². The molecule has 0 fully saturated rings. The van der Waals surface area contributed by atoms with Crippen molar-refractivity contribution >= 4 is 10.9 Å². The molecule has 2 rings (SSSR count). The first-order valence-electron chi connectivity index (χ1n) is 5.74. The first-order valence-corrected chi connectivity index (χ1v) is 5.74. The summed E-state index contributed by atoms with van der Waals surface area (Å²) >= 11 is 0. The predicted molar refractivity (Wildman–Crippen MR) is 65.1 cm³/mol. The van der Waals surface area contributed by atoms with Crippen molar-refractivity contribution in [1.82, 2.24) is 9.78 Å². The molecule has 3 heteroatoms. The number of aromatic nitrogens is 2. The SMILES string of the molecule is CCC(C)C(O)c1nn(C)c2ccccc12. The van der Waals surface area contributed by atoms with Crippen molar-refractivity contribution in [2.75, 3.05) is 0 Å². The zero-order chi connectivity index (χ0) is 11.7. The summed E-state index contributed by atoms with van der Waals surface area (Å²) in [6, 6.07) is 8.01. The molecule has 3 nitrogen and oxygen atoms in total. The van der Waals surface area contributed by atoms with Crippen LogP contribution in [0.4, 0.5) is 0 Å². The second kappa shape index (κ2) is 4.26. The van der Waals surface area contributed by atoms with E-state index in [1.165, 1.54) is 0 Å². The van der Waals surface area contributed by atoms with Crippen LogP contribution in [0, 0.1) is 5.92 Å². The zero-order valence-electron chi connectivity index (χ0n) is 10.0. The van der Waals surface area contributed by atoms with Crippen molar-refractivity contribution < 1.29 is 5.11 Å². The lowest BCUT2D eigenvalue weighted by molar-refractivity contribution is 0.112. The fourth-order valence-electron chi connectivity index (χ4n) is 1.95. The Balaban J connectivity index is 2.52. The average molecular weight is 218 g/mol. The normalized spacial score (nSPS) is 15.2.